The van der Waals surface area contributed by atoms with Gasteiger partial charge in [-0.2, -0.15) is 0 Å². The average molecular weight is 214 g/mol. The molecule has 0 atom stereocenters. The molecular formula is C13H30N2. The Morgan fingerprint density at radius 3 is 1.73 bits per heavy atom. The van der Waals surface area contributed by atoms with E-state index >= 15 is 0 Å². The van der Waals surface area contributed by atoms with Crippen LogP contribution in [-0.4, -0.2) is 26.2 Å². The quantitative estimate of drug-likeness (QED) is 0.701. The highest BCUT2D eigenvalue weighted by Gasteiger charge is 2.39. The van der Waals surface area contributed by atoms with Crippen LogP contribution in [0.4, 0.5) is 0 Å². The molecule has 2 aliphatic rings. The third-order valence-corrected chi connectivity index (χ3v) is 3.45. The third kappa shape index (κ3) is 4.12. The van der Waals surface area contributed by atoms with Crippen LogP contribution in [0.25, 0.3) is 0 Å². The lowest BCUT2D eigenvalue weighted by atomic mass is 9.68. The Morgan fingerprint density at radius 1 is 1.00 bits per heavy atom. The topological polar surface area (TPSA) is 24.1 Å². The smallest absolute Gasteiger partial charge is 0.00645 e. The molecular weight excluding hydrogens is 184 g/mol. The summed E-state index contributed by atoms with van der Waals surface area (Å²) in [5.74, 6) is 0. The van der Waals surface area contributed by atoms with E-state index in [-0.39, 0.29) is 0 Å². The molecule has 15 heavy (non-hydrogen) atoms. The Hall–Kier alpha value is -0.0800. The standard InChI is InChI=1S/C9H18N2.2C2H6/c1-10-8-2-4-9(5-3-8)6-11-7-9;2*1-2/h8,10-11H,2-7H2,1H3;2*1-2H3. The highest BCUT2D eigenvalue weighted by molar-refractivity contribution is 4.96. The first kappa shape index (κ1) is 14.9. The van der Waals surface area contributed by atoms with Crippen molar-refractivity contribution in [3.05, 3.63) is 0 Å². The summed E-state index contributed by atoms with van der Waals surface area (Å²) in [5, 5.41) is 6.75. The molecule has 2 fully saturated rings. The van der Waals surface area contributed by atoms with Crippen molar-refractivity contribution >= 4 is 0 Å². The summed E-state index contributed by atoms with van der Waals surface area (Å²) in [6.07, 6.45) is 5.65. The van der Waals surface area contributed by atoms with Gasteiger partial charge in [-0.3, -0.25) is 0 Å². The molecule has 0 amide bonds. The van der Waals surface area contributed by atoms with Gasteiger partial charge in [0.15, 0.2) is 0 Å². The Morgan fingerprint density at radius 2 is 1.47 bits per heavy atom. The van der Waals surface area contributed by atoms with Gasteiger partial charge in [-0.25, -0.2) is 0 Å². The Kier molecular flexibility index (Phi) is 8.07. The average Bonchev–Trinajstić information content (AvgIpc) is 2.32. The Bertz CT molecular complexity index is 131. The first-order chi connectivity index (χ1) is 7.35. The summed E-state index contributed by atoms with van der Waals surface area (Å²) in [7, 11) is 2.09. The number of hydrogen-bond acceptors (Lipinski definition) is 2. The lowest BCUT2D eigenvalue weighted by Crippen LogP contribution is -2.56. The third-order valence-electron chi connectivity index (χ3n) is 3.45. The van der Waals surface area contributed by atoms with Crippen LogP contribution >= 0.6 is 0 Å². The van der Waals surface area contributed by atoms with E-state index in [1.165, 1.54) is 38.8 Å². The molecule has 0 aromatic rings. The second kappa shape index (κ2) is 8.12. The van der Waals surface area contributed by atoms with E-state index in [1.807, 2.05) is 27.7 Å². The summed E-state index contributed by atoms with van der Waals surface area (Å²) in [6, 6.07) is 0.807. The molecule has 2 heteroatoms. The normalized spacial score (nSPS) is 23.0. The number of hydrogen-bond donors (Lipinski definition) is 2. The summed E-state index contributed by atoms with van der Waals surface area (Å²) in [5.41, 5.74) is 0.730. The fourth-order valence-electron chi connectivity index (χ4n) is 2.35. The lowest BCUT2D eigenvalue weighted by Gasteiger charge is -2.47. The minimum absolute atomic E-state index is 0.730. The van der Waals surface area contributed by atoms with Gasteiger partial charge in [0.1, 0.15) is 0 Å². The first-order valence-electron chi connectivity index (χ1n) is 6.73. The van der Waals surface area contributed by atoms with Gasteiger partial charge in [0, 0.05) is 19.1 Å². The van der Waals surface area contributed by atoms with Gasteiger partial charge in [-0.15, -0.1) is 0 Å². The Labute approximate surface area is 96.2 Å². The van der Waals surface area contributed by atoms with Crippen molar-refractivity contribution in [3.8, 4) is 0 Å². The molecule has 1 heterocycles. The van der Waals surface area contributed by atoms with Crippen molar-refractivity contribution in [2.24, 2.45) is 5.41 Å². The van der Waals surface area contributed by atoms with Crippen molar-refractivity contribution in [1.82, 2.24) is 10.6 Å². The zero-order valence-electron chi connectivity index (χ0n) is 11.3. The zero-order valence-corrected chi connectivity index (χ0v) is 11.3. The van der Waals surface area contributed by atoms with Crippen LogP contribution in [0.3, 0.4) is 0 Å². The minimum Gasteiger partial charge on any atom is -0.317 e. The fourth-order valence-corrected chi connectivity index (χ4v) is 2.35. The van der Waals surface area contributed by atoms with Crippen LogP contribution in [0.1, 0.15) is 53.4 Å². The Balaban J connectivity index is 0.000000442. The fraction of sp³-hybridized carbons (Fsp3) is 1.00. The van der Waals surface area contributed by atoms with Crippen LogP contribution in [-0.2, 0) is 0 Å². The van der Waals surface area contributed by atoms with Crippen LogP contribution in [0.2, 0.25) is 0 Å². The predicted octanol–water partition coefficient (Wildman–Crippen LogP) is 2.79. The maximum atomic E-state index is 3.38. The van der Waals surface area contributed by atoms with E-state index in [0.717, 1.165) is 11.5 Å². The molecule has 2 rings (SSSR count). The summed E-state index contributed by atoms with van der Waals surface area (Å²) in [6.45, 7) is 10.6. The molecule has 1 aliphatic heterocycles. The molecule has 0 bridgehead atoms. The SMILES string of the molecule is CC.CC.CNC1CCC2(CC1)CNC2. The van der Waals surface area contributed by atoms with Crippen molar-refractivity contribution in [2.45, 2.75) is 59.4 Å². The molecule has 1 saturated heterocycles. The van der Waals surface area contributed by atoms with Crippen molar-refractivity contribution in [1.29, 1.82) is 0 Å². The van der Waals surface area contributed by atoms with Gasteiger partial charge < -0.3 is 10.6 Å². The predicted molar refractivity (Wildman–Crippen MR) is 69.3 cm³/mol. The van der Waals surface area contributed by atoms with Gasteiger partial charge in [0.05, 0.1) is 0 Å². The molecule has 2 N–H and O–H groups in total. The van der Waals surface area contributed by atoms with Gasteiger partial charge in [0.2, 0.25) is 0 Å². The number of rotatable bonds is 1. The lowest BCUT2D eigenvalue weighted by molar-refractivity contribution is 0.0929. The van der Waals surface area contributed by atoms with Gasteiger partial charge in [-0.1, -0.05) is 27.7 Å². The molecule has 92 valence electrons. The van der Waals surface area contributed by atoms with E-state index < -0.39 is 0 Å². The van der Waals surface area contributed by atoms with Crippen molar-refractivity contribution in [2.75, 3.05) is 20.1 Å². The molecule has 0 radical (unpaired) electrons. The summed E-state index contributed by atoms with van der Waals surface area (Å²) in [4.78, 5) is 0. The maximum absolute atomic E-state index is 3.38. The van der Waals surface area contributed by atoms with Crippen LogP contribution < -0.4 is 10.6 Å². The molecule has 1 aliphatic carbocycles. The molecule has 1 saturated carbocycles. The molecule has 2 nitrogen and oxygen atoms in total. The zero-order chi connectivity index (χ0) is 11.7. The molecule has 1 spiro atoms. The van der Waals surface area contributed by atoms with Crippen molar-refractivity contribution < 1.29 is 0 Å². The van der Waals surface area contributed by atoms with Gasteiger partial charge in [0.25, 0.3) is 0 Å². The van der Waals surface area contributed by atoms with Crippen LogP contribution in [0, 0.1) is 5.41 Å². The number of nitrogens with one attached hydrogen (secondary N) is 2. The summed E-state index contributed by atoms with van der Waals surface area (Å²) < 4.78 is 0. The highest BCUT2D eigenvalue weighted by Crippen LogP contribution is 2.39. The van der Waals surface area contributed by atoms with Gasteiger partial charge >= 0.3 is 0 Å². The van der Waals surface area contributed by atoms with Crippen molar-refractivity contribution in [3.63, 3.8) is 0 Å². The minimum atomic E-state index is 0.730. The van der Waals surface area contributed by atoms with Crippen LogP contribution in [0.5, 0.6) is 0 Å². The van der Waals surface area contributed by atoms with E-state index in [9.17, 15) is 0 Å². The molecule has 0 aromatic carbocycles. The highest BCUT2D eigenvalue weighted by atomic mass is 15.0. The van der Waals surface area contributed by atoms with E-state index in [2.05, 4.69) is 17.7 Å². The second-order valence-electron chi connectivity index (χ2n) is 4.17. The van der Waals surface area contributed by atoms with E-state index in [1.54, 1.807) is 0 Å². The van der Waals surface area contributed by atoms with Crippen LogP contribution in [0.15, 0.2) is 0 Å². The molecule has 0 aromatic heterocycles. The largest absolute Gasteiger partial charge is 0.317 e. The van der Waals surface area contributed by atoms with E-state index in [0.29, 0.717) is 0 Å². The van der Waals surface area contributed by atoms with Gasteiger partial charge in [-0.05, 0) is 38.1 Å². The maximum Gasteiger partial charge on any atom is 0.00645 e. The first-order valence-corrected chi connectivity index (χ1v) is 6.73. The monoisotopic (exact) mass is 214 g/mol. The summed E-state index contributed by atoms with van der Waals surface area (Å²) >= 11 is 0. The second-order valence-corrected chi connectivity index (χ2v) is 4.17. The molecule has 0 unspecified atom stereocenters. The van der Waals surface area contributed by atoms with E-state index in [4.69, 9.17) is 0 Å².